The van der Waals surface area contributed by atoms with Crippen molar-refractivity contribution in [1.29, 1.82) is 0 Å². The molecule has 7 unspecified atom stereocenters. The molecule has 1 aliphatic heterocycles. The summed E-state index contributed by atoms with van der Waals surface area (Å²) in [7, 11) is 7.43. The van der Waals surface area contributed by atoms with Gasteiger partial charge in [-0.25, -0.2) is 0 Å². The molecule has 204 valence electrons. The summed E-state index contributed by atoms with van der Waals surface area (Å²) in [4.78, 5) is 30.8. The van der Waals surface area contributed by atoms with Crippen LogP contribution in [0.1, 0.15) is 58.9 Å². The molecule has 0 radical (unpaired) electrons. The number of carbonyl (C=O) groups excluding carboxylic acids is 2. The Bertz CT molecular complexity index is 803. The molecule has 1 aliphatic rings. The number of likely N-dealkylation sites (tertiary alicyclic amines) is 1. The molecule has 0 bridgehead atoms. The fraction of sp³-hybridized carbons (Fsp3) is 0.724. The minimum absolute atomic E-state index is 0.00662. The first kappa shape index (κ1) is 30.3. The van der Waals surface area contributed by atoms with E-state index < -0.39 is 0 Å². The molecular formula is C29H49N3O4. The van der Waals surface area contributed by atoms with Crippen LogP contribution in [-0.2, 0) is 25.5 Å². The Morgan fingerprint density at radius 2 is 1.78 bits per heavy atom. The highest BCUT2D eigenvalue weighted by Crippen LogP contribution is 2.29. The molecule has 7 atom stereocenters. The van der Waals surface area contributed by atoms with Gasteiger partial charge in [-0.05, 0) is 51.8 Å². The van der Waals surface area contributed by atoms with Gasteiger partial charge in [-0.15, -0.1) is 0 Å². The molecule has 0 aromatic heterocycles. The van der Waals surface area contributed by atoms with E-state index in [9.17, 15) is 9.59 Å². The van der Waals surface area contributed by atoms with E-state index in [-0.39, 0.29) is 48.1 Å². The van der Waals surface area contributed by atoms with E-state index >= 15 is 0 Å². The number of nitrogens with zero attached hydrogens (tertiary/aromatic N) is 2. The first-order valence-electron chi connectivity index (χ1n) is 13.5. The molecule has 0 saturated carbocycles. The molecule has 1 N–H and O–H groups in total. The number of carbonyl (C=O) groups is 2. The summed E-state index contributed by atoms with van der Waals surface area (Å²) in [6.07, 6.45) is 3.31. The van der Waals surface area contributed by atoms with Gasteiger partial charge in [-0.1, -0.05) is 57.5 Å². The van der Waals surface area contributed by atoms with Gasteiger partial charge in [0.05, 0.1) is 30.6 Å². The van der Waals surface area contributed by atoms with Crippen molar-refractivity contribution in [3.8, 4) is 0 Å². The first-order valence-corrected chi connectivity index (χ1v) is 13.5. The Morgan fingerprint density at radius 3 is 2.33 bits per heavy atom. The van der Waals surface area contributed by atoms with Crippen molar-refractivity contribution < 1.29 is 19.1 Å². The van der Waals surface area contributed by atoms with Gasteiger partial charge >= 0.3 is 0 Å². The summed E-state index contributed by atoms with van der Waals surface area (Å²) in [5.41, 5.74) is 1.19. The van der Waals surface area contributed by atoms with Gasteiger partial charge in [-0.2, -0.15) is 0 Å². The highest BCUT2D eigenvalue weighted by Gasteiger charge is 2.41. The van der Waals surface area contributed by atoms with E-state index in [1.165, 1.54) is 5.56 Å². The SMILES string of the molecule is CCC(C)C(C(CC(=O)N1CCCC1C(OC)C(C)C(=O)NC(C)Cc1ccccc1)OC)N(C)C. The van der Waals surface area contributed by atoms with Gasteiger partial charge in [-0.3, -0.25) is 9.59 Å². The maximum atomic E-state index is 13.5. The maximum Gasteiger partial charge on any atom is 0.225 e. The summed E-state index contributed by atoms with van der Waals surface area (Å²) < 4.78 is 11.7. The topological polar surface area (TPSA) is 71.1 Å². The third-order valence-corrected chi connectivity index (χ3v) is 7.83. The third-order valence-electron chi connectivity index (χ3n) is 7.83. The molecule has 2 rings (SSSR count). The molecule has 36 heavy (non-hydrogen) atoms. The number of methoxy groups -OCH3 is 2. The number of likely N-dealkylation sites (N-methyl/N-ethyl adjacent to an activating group) is 1. The second kappa shape index (κ2) is 14.7. The number of nitrogens with one attached hydrogen (secondary N) is 1. The Balaban J connectivity index is 2.06. The molecule has 7 heteroatoms. The Hall–Kier alpha value is -1.96. The van der Waals surface area contributed by atoms with Crippen molar-refractivity contribution >= 4 is 11.8 Å². The molecule has 1 saturated heterocycles. The fourth-order valence-corrected chi connectivity index (χ4v) is 5.76. The lowest BCUT2D eigenvalue weighted by Crippen LogP contribution is -2.52. The number of ether oxygens (including phenoxy) is 2. The standard InChI is InChI=1S/C29H49N3O4/c1-9-20(2)27(31(5)6)25(35-7)19-26(33)32-17-13-16-24(32)28(36-8)22(4)29(34)30-21(3)18-23-14-11-10-12-15-23/h10-12,14-15,20-22,24-25,27-28H,9,13,16-19H2,1-8H3,(H,30,34). The molecule has 0 aliphatic carbocycles. The van der Waals surface area contributed by atoms with E-state index in [2.05, 4.69) is 36.2 Å². The van der Waals surface area contributed by atoms with E-state index in [4.69, 9.17) is 9.47 Å². The average molecular weight is 504 g/mol. The van der Waals surface area contributed by atoms with Gasteiger partial charge in [0, 0.05) is 32.8 Å². The molecule has 1 aromatic rings. The van der Waals surface area contributed by atoms with Crippen molar-refractivity contribution in [3.05, 3.63) is 35.9 Å². The third kappa shape index (κ3) is 8.02. The Labute approximate surface area is 218 Å². The summed E-state index contributed by atoms with van der Waals surface area (Å²) in [5, 5.41) is 3.15. The van der Waals surface area contributed by atoms with Gasteiger partial charge < -0.3 is 24.6 Å². The second-order valence-electron chi connectivity index (χ2n) is 10.7. The average Bonchev–Trinajstić information content (AvgIpc) is 3.33. The monoisotopic (exact) mass is 503 g/mol. The van der Waals surface area contributed by atoms with Crippen LogP contribution in [0.15, 0.2) is 30.3 Å². The van der Waals surface area contributed by atoms with Crippen LogP contribution < -0.4 is 5.32 Å². The highest BCUT2D eigenvalue weighted by atomic mass is 16.5. The summed E-state index contributed by atoms with van der Waals surface area (Å²) in [5.74, 6) is 0.0651. The number of hydrogen-bond donors (Lipinski definition) is 1. The minimum atomic E-state index is -0.375. The van der Waals surface area contributed by atoms with Crippen LogP contribution in [0.3, 0.4) is 0 Å². The van der Waals surface area contributed by atoms with Crippen LogP contribution in [0.4, 0.5) is 0 Å². The van der Waals surface area contributed by atoms with Gasteiger partial charge in [0.15, 0.2) is 0 Å². The molecule has 7 nitrogen and oxygen atoms in total. The lowest BCUT2D eigenvalue weighted by molar-refractivity contribution is -0.143. The number of amides is 2. The van der Waals surface area contributed by atoms with Crippen LogP contribution in [0.5, 0.6) is 0 Å². The first-order chi connectivity index (χ1) is 17.1. The van der Waals surface area contributed by atoms with Crippen molar-refractivity contribution in [3.63, 3.8) is 0 Å². The second-order valence-corrected chi connectivity index (χ2v) is 10.7. The quantitative estimate of drug-likeness (QED) is 0.419. The highest BCUT2D eigenvalue weighted by molar-refractivity contribution is 5.80. The predicted molar refractivity (Wildman–Crippen MR) is 145 cm³/mol. The predicted octanol–water partition coefficient (Wildman–Crippen LogP) is 3.76. The zero-order valence-electron chi connectivity index (χ0n) is 23.7. The largest absolute Gasteiger partial charge is 0.379 e. The van der Waals surface area contributed by atoms with Crippen LogP contribution in [-0.4, -0.2) is 86.8 Å². The molecule has 2 amide bonds. The zero-order chi connectivity index (χ0) is 26.8. The summed E-state index contributed by atoms with van der Waals surface area (Å²) in [6.45, 7) is 8.99. The van der Waals surface area contributed by atoms with Crippen molar-refractivity contribution in [2.75, 3.05) is 34.9 Å². The fourth-order valence-electron chi connectivity index (χ4n) is 5.76. The molecule has 0 spiro atoms. The summed E-state index contributed by atoms with van der Waals surface area (Å²) in [6, 6.07) is 10.2. The lowest BCUT2D eigenvalue weighted by Gasteiger charge is -2.38. The van der Waals surface area contributed by atoms with Gasteiger partial charge in [0.2, 0.25) is 11.8 Å². The van der Waals surface area contributed by atoms with Gasteiger partial charge in [0.1, 0.15) is 0 Å². The molecule has 1 aromatic carbocycles. The van der Waals surface area contributed by atoms with Crippen LogP contribution in [0.2, 0.25) is 0 Å². The van der Waals surface area contributed by atoms with E-state index in [1.54, 1.807) is 14.2 Å². The molecule has 1 heterocycles. The summed E-state index contributed by atoms with van der Waals surface area (Å²) >= 11 is 0. The zero-order valence-corrected chi connectivity index (χ0v) is 23.7. The number of hydrogen-bond acceptors (Lipinski definition) is 5. The Kier molecular flexibility index (Phi) is 12.4. The van der Waals surface area contributed by atoms with E-state index in [0.29, 0.717) is 18.9 Å². The van der Waals surface area contributed by atoms with Crippen molar-refractivity contribution in [2.24, 2.45) is 11.8 Å². The number of benzene rings is 1. The van der Waals surface area contributed by atoms with Crippen molar-refractivity contribution in [1.82, 2.24) is 15.1 Å². The van der Waals surface area contributed by atoms with E-state index in [1.807, 2.05) is 51.0 Å². The molecular weight excluding hydrogens is 454 g/mol. The minimum Gasteiger partial charge on any atom is -0.379 e. The van der Waals surface area contributed by atoms with Crippen LogP contribution in [0, 0.1) is 11.8 Å². The Morgan fingerprint density at radius 1 is 1.11 bits per heavy atom. The van der Waals surface area contributed by atoms with E-state index in [0.717, 1.165) is 25.7 Å². The lowest BCUT2D eigenvalue weighted by atomic mass is 9.90. The number of rotatable bonds is 14. The smallest absolute Gasteiger partial charge is 0.225 e. The normalized spacial score (nSPS) is 21.0. The maximum absolute atomic E-state index is 13.5. The molecule has 1 fully saturated rings. The van der Waals surface area contributed by atoms with Crippen LogP contribution in [0.25, 0.3) is 0 Å². The van der Waals surface area contributed by atoms with Crippen LogP contribution >= 0.6 is 0 Å². The van der Waals surface area contributed by atoms with Crippen molar-refractivity contribution in [2.45, 2.75) is 90.1 Å². The van der Waals surface area contributed by atoms with Gasteiger partial charge in [0.25, 0.3) is 0 Å².